The first kappa shape index (κ1) is 13.3. The molecule has 1 saturated heterocycles. The van der Waals surface area contributed by atoms with Gasteiger partial charge in [-0.2, -0.15) is 4.52 Å². The highest BCUT2D eigenvalue weighted by Gasteiger charge is 2.32. The Kier molecular flexibility index (Phi) is 3.54. The van der Waals surface area contributed by atoms with Gasteiger partial charge < -0.3 is 14.8 Å². The van der Waals surface area contributed by atoms with E-state index in [1.165, 1.54) is 0 Å². The molecule has 108 valence electrons. The molecule has 7 heteroatoms. The summed E-state index contributed by atoms with van der Waals surface area (Å²) < 4.78 is 12.8. The Morgan fingerprint density at radius 3 is 2.90 bits per heavy atom. The molecule has 2 aromatic heterocycles. The van der Waals surface area contributed by atoms with Gasteiger partial charge in [-0.05, 0) is 19.1 Å². The molecular formula is C13H19N5O2. The van der Waals surface area contributed by atoms with Crippen LogP contribution in [-0.4, -0.2) is 52.3 Å². The second-order valence-electron chi connectivity index (χ2n) is 5.09. The van der Waals surface area contributed by atoms with Crippen LogP contribution in [0.3, 0.4) is 0 Å². The zero-order chi connectivity index (χ0) is 14.0. The van der Waals surface area contributed by atoms with Crippen molar-refractivity contribution in [2.75, 3.05) is 32.2 Å². The smallest absolute Gasteiger partial charge is 0.178 e. The number of aromatic nitrogens is 4. The van der Waals surface area contributed by atoms with E-state index in [2.05, 4.69) is 20.6 Å². The van der Waals surface area contributed by atoms with Gasteiger partial charge in [0.15, 0.2) is 11.5 Å². The molecule has 1 fully saturated rings. The van der Waals surface area contributed by atoms with Crippen LogP contribution in [0.15, 0.2) is 12.1 Å². The third kappa shape index (κ3) is 2.46. The van der Waals surface area contributed by atoms with E-state index >= 15 is 0 Å². The van der Waals surface area contributed by atoms with Crippen LogP contribution in [0.4, 0.5) is 5.82 Å². The Hall–Kier alpha value is -1.73. The van der Waals surface area contributed by atoms with Gasteiger partial charge in [0.1, 0.15) is 5.82 Å². The molecule has 7 nitrogen and oxygen atoms in total. The molecule has 0 spiro atoms. The highest BCUT2D eigenvalue weighted by atomic mass is 16.5. The van der Waals surface area contributed by atoms with E-state index in [4.69, 9.17) is 9.47 Å². The molecule has 3 heterocycles. The highest BCUT2D eigenvalue weighted by molar-refractivity contribution is 5.44. The summed E-state index contributed by atoms with van der Waals surface area (Å²) in [6.45, 7) is 4.08. The monoisotopic (exact) mass is 277 g/mol. The van der Waals surface area contributed by atoms with Crippen LogP contribution in [0.2, 0.25) is 0 Å². The molecule has 1 aliphatic rings. The summed E-state index contributed by atoms with van der Waals surface area (Å²) >= 11 is 0. The van der Waals surface area contributed by atoms with Gasteiger partial charge in [-0.15, -0.1) is 15.3 Å². The minimum atomic E-state index is -0.170. The summed E-state index contributed by atoms with van der Waals surface area (Å²) in [4.78, 5) is 0. The Morgan fingerprint density at radius 1 is 1.35 bits per heavy atom. The van der Waals surface area contributed by atoms with Crippen molar-refractivity contribution in [3.63, 3.8) is 0 Å². The standard InChI is InChI=1S/C13H19N5O2/c1-10-15-16-12-4-3-11(17-18(10)12)14-9-13(19-2)5-7-20-8-6-13/h3-4H,5-9H2,1-2H3,(H,14,17). The fourth-order valence-electron chi connectivity index (χ4n) is 2.44. The van der Waals surface area contributed by atoms with Gasteiger partial charge in [0.05, 0.1) is 5.60 Å². The van der Waals surface area contributed by atoms with Gasteiger partial charge in [-0.3, -0.25) is 0 Å². The van der Waals surface area contributed by atoms with E-state index in [0.29, 0.717) is 6.54 Å². The number of hydrogen-bond donors (Lipinski definition) is 1. The fraction of sp³-hybridized carbons (Fsp3) is 0.615. The first-order valence-corrected chi connectivity index (χ1v) is 6.78. The molecule has 2 aromatic rings. The third-order valence-corrected chi connectivity index (χ3v) is 3.85. The normalized spacial score (nSPS) is 18.3. The number of anilines is 1. The lowest BCUT2D eigenvalue weighted by Gasteiger charge is -2.36. The predicted octanol–water partition coefficient (Wildman–Crippen LogP) is 1.04. The number of nitrogens with one attached hydrogen (secondary N) is 1. The average molecular weight is 277 g/mol. The molecule has 20 heavy (non-hydrogen) atoms. The minimum Gasteiger partial charge on any atom is -0.381 e. The van der Waals surface area contributed by atoms with E-state index in [1.54, 1.807) is 11.6 Å². The number of methoxy groups -OCH3 is 1. The van der Waals surface area contributed by atoms with Gasteiger partial charge in [-0.25, -0.2) is 0 Å². The second kappa shape index (κ2) is 5.34. The summed E-state index contributed by atoms with van der Waals surface area (Å²) in [5.74, 6) is 1.57. The van der Waals surface area contributed by atoms with E-state index in [-0.39, 0.29) is 5.60 Å². The van der Waals surface area contributed by atoms with Crippen LogP contribution in [0, 0.1) is 6.92 Å². The Bertz CT molecular complexity index is 591. The Balaban J connectivity index is 1.73. The van der Waals surface area contributed by atoms with Gasteiger partial charge in [0, 0.05) is 39.7 Å². The van der Waals surface area contributed by atoms with Crippen molar-refractivity contribution in [3.05, 3.63) is 18.0 Å². The first-order chi connectivity index (χ1) is 9.72. The topological polar surface area (TPSA) is 73.6 Å². The largest absolute Gasteiger partial charge is 0.381 e. The first-order valence-electron chi connectivity index (χ1n) is 6.78. The quantitative estimate of drug-likeness (QED) is 0.900. The molecule has 0 aliphatic carbocycles. The van der Waals surface area contributed by atoms with Crippen LogP contribution >= 0.6 is 0 Å². The van der Waals surface area contributed by atoms with Crippen molar-refractivity contribution in [2.24, 2.45) is 0 Å². The Morgan fingerprint density at radius 2 is 2.15 bits per heavy atom. The molecule has 0 aromatic carbocycles. The lowest BCUT2D eigenvalue weighted by atomic mass is 9.94. The summed E-state index contributed by atoms with van der Waals surface area (Å²) in [5.41, 5.74) is 0.581. The molecule has 0 saturated carbocycles. The van der Waals surface area contributed by atoms with Crippen molar-refractivity contribution in [1.82, 2.24) is 19.8 Å². The van der Waals surface area contributed by atoms with Crippen molar-refractivity contribution in [2.45, 2.75) is 25.4 Å². The van der Waals surface area contributed by atoms with E-state index in [0.717, 1.165) is 43.3 Å². The number of hydrogen-bond acceptors (Lipinski definition) is 6. The van der Waals surface area contributed by atoms with Crippen LogP contribution in [0.25, 0.3) is 5.65 Å². The SMILES string of the molecule is COC1(CNc2ccc3nnc(C)n3n2)CCOCC1. The van der Waals surface area contributed by atoms with Crippen LogP contribution < -0.4 is 5.32 Å². The van der Waals surface area contributed by atoms with E-state index in [9.17, 15) is 0 Å². The molecule has 0 bridgehead atoms. The molecule has 0 radical (unpaired) electrons. The zero-order valence-corrected chi connectivity index (χ0v) is 11.8. The van der Waals surface area contributed by atoms with Gasteiger partial charge in [0.2, 0.25) is 0 Å². The molecule has 0 atom stereocenters. The molecule has 0 amide bonds. The van der Waals surface area contributed by atoms with Crippen LogP contribution in [0.5, 0.6) is 0 Å². The zero-order valence-electron chi connectivity index (χ0n) is 11.8. The van der Waals surface area contributed by atoms with Gasteiger partial charge in [-0.1, -0.05) is 0 Å². The van der Waals surface area contributed by atoms with Crippen LogP contribution in [0.1, 0.15) is 18.7 Å². The number of fused-ring (bicyclic) bond motifs is 1. The number of rotatable bonds is 4. The van der Waals surface area contributed by atoms with Gasteiger partial charge >= 0.3 is 0 Å². The second-order valence-corrected chi connectivity index (χ2v) is 5.09. The summed E-state index contributed by atoms with van der Waals surface area (Å²) in [6.07, 6.45) is 1.79. The predicted molar refractivity (Wildman–Crippen MR) is 73.8 cm³/mol. The summed E-state index contributed by atoms with van der Waals surface area (Å²) in [6, 6.07) is 3.81. The van der Waals surface area contributed by atoms with E-state index < -0.39 is 0 Å². The molecule has 1 aliphatic heterocycles. The lowest BCUT2D eigenvalue weighted by molar-refractivity contribution is -0.0807. The van der Waals surface area contributed by atoms with Crippen molar-refractivity contribution >= 4 is 11.5 Å². The van der Waals surface area contributed by atoms with Gasteiger partial charge in [0.25, 0.3) is 0 Å². The number of ether oxygens (including phenoxy) is 2. The third-order valence-electron chi connectivity index (χ3n) is 3.85. The molecule has 1 N–H and O–H groups in total. The Labute approximate surface area is 117 Å². The summed E-state index contributed by atoms with van der Waals surface area (Å²) in [7, 11) is 1.76. The molecule has 3 rings (SSSR count). The average Bonchev–Trinajstić information content (AvgIpc) is 2.87. The maximum Gasteiger partial charge on any atom is 0.178 e. The number of aryl methyl sites for hydroxylation is 1. The molecular weight excluding hydrogens is 258 g/mol. The number of nitrogens with zero attached hydrogens (tertiary/aromatic N) is 4. The van der Waals surface area contributed by atoms with Crippen molar-refractivity contribution in [1.29, 1.82) is 0 Å². The molecule has 0 unspecified atom stereocenters. The fourth-order valence-corrected chi connectivity index (χ4v) is 2.44. The maximum atomic E-state index is 5.69. The van der Waals surface area contributed by atoms with Crippen LogP contribution in [-0.2, 0) is 9.47 Å². The lowest BCUT2D eigenvalue weighted by Crippen LogP contribution is -2.44. The van der Waals surface area contributed by atoms with Crippen molar-refractivity contribution < 1.29 is 9.47 Å². The highest BCUT2D eigenvalue weighted by Crippen LogP contribution is 2.24. The maximum absolute atomic E-state index is 5.69. The van der Waals surface area contributed by atoms with E-state index in [1.807, 2.05) is 19.1 Å². The van der Waals surface area contributed by atoms with Crippen molar-refractivity contribution in [3.8, 4) is 0 Å². The summed E-state index contributed by atoms with van der Waals surface area (Å²) in [5, 5.41) is 15.8. The minimum absolute atomic E-state index is 0.170.